The number of carboxylic acid groups (broad SMARTS) is 1. The van der Waals surface area contributed by atoms with E-state index in [-0.39, 0.29) is 11.8 Å². The molecule has 2 saturated heterocycles. The molecule has 2 amide bonds. The molecule has 2 heterocycles. The van der Waals surface area contributed by atoms with Gasteiger partial charge in [-0.05, 0) is 38.8 Å². The summed E-state index contributed by atoms with van der Waals surface area (Å²) in [7, 11) is 0. The van der Waals surface area contributed by atoms with Crippen molar-refractivity contribution in [3.05, 3.63) is 35.9 Å². The second kappa shape index (κ2) is 7.99. The van der Waals surface area contributed by atoms with Crippen LogP contribution in [0.2, 0.25) is 0 Å². The van der Waals surface area contributed by atoms with Crippen molar-refractivity contribution in [2.24, 2.45) is 0 Å². The van der Waals surface area contributed by atoms with Crippen LogP contribution in [0.25, 0.3) is 0 Å². The van der Waals surface area contributed by atoms with Crippen LogP contribution in [-0.4, -0.2) is 67.6 Å². The van der Waals surface area contributed by atoms with Gasteiger partial charge in [-0.3, -0.25) is 14.5 Å². The van der Waals surface area contributed by atoms with Gasteiger partial charge in [-0.15, -0.1) is 11.8 Å². The smallest absolute Gasteiger partial charge is 0.327 e. The minimum absolute atomic E-state index is 0.326. The van der Waals surface area contributed by atoms with Gasteiger partial charge in [-0.25, -0.2) is 4.79 Å². The molecule has 2 aliphatic rings. The van der Waals surface area contributed by atoms with Gasteiger partial charge in [0, 0.05) is 23.4 Å². The van der Waals surface area contributed by atoms with Crippen LogP contribution < -0.4 is 5.32 Å². The van der Waals surface area contributed by atoms with Crippen molar-refractivity contribution in [2.45, 2.75) is 62.4 Å². The lowest BCUT2D eigenvalue weighted by atomic mass is 9.89. The number of nitrogens with one attached hydrogen (secondary N) is 1. The SMILES string of the molecule is CCCN(CCC)C1(NC(=O)c2ccccc2)C(=O)N2[C@@H](C(=O)O)C(C)(C)S[C@@H]21. The lowest BCUT2D eigenvalue weighted by Crippen LogP contribution is -2.85. The van der Waals surface area contributed by atoms with Gasteiger partial charge in [-0.2, -0.15) is 0 Å². The molecule has 1 aromatic carbocycles. The van der Waals surface area contributed by atoms with Crippen molar-refractivity contribution in [3.63, 3.8) is 0 Å². The molecule has 2 fully saturated rings. The minimum Gasteiger partial charge on any atom is -0.480 e. The van der Waals surface area contributed by atoms with Crippen molar-refractivity contribution in [1.82, 2.24) is 15.1 Å². The van der Waals surface area contributed by atoms with E-state index < -0.39 is 27.8 Å². The molecule has 0 aliphatic carbocycles. The molecule has 3 rings (SSSR count). The third kappa shape index (κ3) is 3.42. The Kier molecular flexibility index (Phi) is 5.96. The highest BCUT2D eigenvalue weighted by atomic mass is 32.2. The molecule has 0 radical (unpaired) electrons. The zero-order valence-electron chi connectivity index (χ0n) is 17.3. The maximum Gasteiger partial charge on any atom is 0.327 e. The van der Waals surface area contributed by atoms with Gasteiger partial charge in [0.1, 0.15) is 11.4 Å². The van der Waals surface area contributed by atoms with Crippen LogP contribution in [0.4, 0.5) is 0 Å². The lowest BCUT2D eigenvalue weighted by Gasteiger charge is -2.57. The van der Waals surface area contributed by atoms with Gasteiger partial charge in [-0.1, -0.05) is 32.0 Å². The second-order valence-electron chi connectivity index (χ2n) is 8.10. The second-order valence-corrected chi connectivity index (χ2v) is 9.83. The van der Waals surface area contributed by atoms with Crippen molar-refractivity contribution >= 4 is 29.5 Å². The predicted octanol–water partition coefficient (Wildman–Crippen LogP) is 2.38. The number of hydrogen-bond donors (Lipinski definition) is 2. The van der Waals surface area contributed by atoms with E-state index in [0.29, 0.717) is 18.7 Å². The Balaban J connectivity index is 2.02. The summed E-state index contributed by atoms with van der Waals surface area (Å²) in [5, 5.41) is 12.3. The first-order valence-electron chi connectivity index (χ1n) is 10.1. The molecule has 2 N–H and O–H groups in total. The Morgan fingerprint density at radius 2 is 1.76 bits per heavy atom. The van der Waals surface area contributed by atoms with Crippen molar-refractivity contribution in [1.29, 1.82) is 0 Å². The largest absolute Gasteiger partial charge is 0.480 e. The molecule has 1 aromatic rings. The van der Waals surface area contributed by atoms with E-state index in [1.807, 2.05) is 38.7 Å². The molecular weight excluding hydrogens is 390 g/mol. The van der Waals surface area contributed by atoms with Gasteiger partial charge in [0.15, 0.2) is 0 Å². The summed E-state index contributed by atoms with van der Waals surface area (Å²) >= 11 is 1.45. The molecule has 1 unspecified atom stereocenters. The number of aliphatic carboxylic acids is 1. The number of benzene rings is 1. The zero-order chi connectivity index (χ0) is 21.4. The van der Waals surface area contributed by atoms with Crippen LogP contribution in [0.5, 0.6) is 0 Å². The summed E-state index contributed by atoms with van der Waals surface area (Å²) in [6, 6.07) is 7.88. The summed E-state index contributed by atoms with van der Waals surface area (Å²) in [6.45, 7) is 9.02. The van der Waals surface area contributed by atoms with Crippen molar-refractivity contribution in [2.75, 3.05) is 13.1 Å². The highest BCUT2D eigenvalue weighted by Gasteiger charge is 2.74. The van der Waals surface area contributed by atoms with Crippen LogP contribution in [0.15, 0.2) is 30.3 Å². The Morgan fingerprint density at radius 1 is 1.17 bits per heavy atom. The topological polar surface area (TPSA) is 90.0 Å². The first-order valence-corrected chi connectivity index (χ1v) is 10.9. The van der Waals surface area contributed by atoms with Gasteiger partial charge >= 0.3 is 5.97 Å². The molecule has 7 nitrogen and oxygen atoms in total. The van der Waals surface area contributed by atoms with E-state index in [4.69, 9.17) is 0 Å². The highest BCUT2D eigenvalue weighted by Crippen LogP contribution is 2.55. The fourth-order valence-corrected chi connectivity index (χ4v) is 6.10. The van der Waals surface area contributed by atoms with E-state index in [2.05, 4.69) is 5.32 Å². The quantitative estimate of drug-likeness (QED) is 0.497. The Labute approximate surface area is 175 Å². The van der Waals surface area contributed by atoms with E-state index >= 15 is 0 Å². The van der Waals surface area contributed by atoms with Crippen LogP contribution in [0.3, 0.4) is 0 Å². The molecule has 29 heavy (non-hydrogen) atoms. The Bertz CT molecular complexity index is 794. The Hall–Kier alpha value is -2.06. The fourth-order valence-electron chi connectivity index (χ4n) is 4.37. The third-order valence-electron chi connectivity index (χ3n) is 5.58. The van der Waals surface area contributed by atoms with Crippen molar-refractivity contribution < 1.29 is 19.5 Å². The van der Waals surface area contributed by atoms with Crippen LogP contribution in [-0.2, 0) is 9.59 Å². The average Bonchev–Trinajstić information content (AvgIpc) is 2.95. The number of hydrogen-bond acceptors (Lipinski definition) is 5. The molecule has 0 saturated carbocycles. The van der Waals surface area contributed by atoms with E-state index in [1.54, 1.807) is 24.3 Å². The molecular formula is C21H29N3O4S. The molecule has 0 aromatic heterocycles. The minimum atomic E-state index is -1.23. The summed E-state index contributed by atoms with van der Waals surface area (Å²) in [5.41, 5.74) is -0.756. The van der Waals surface area contributed by atoms with Gasteiger partial charge in [0.2, 0.25) is 5.66 Å². The number of β-lactam (4-membered cyclic amide) rings is 1. The number of rotatable bonds is 8. The number of carboxylic acids is 1. The number of nitrogens with zero attached hydrogens (tertiary/aromatic N) is 2. The zero-order valence-corrected chi connectivity index (χ0v) is 18.2. The normalized spacial score (nSPS) is 27.5. The summed E-state index contributed by atoms with van der Waals surface area (Å²) in [5.74, 6) is -1.67. The average molecular weight is 420 g/mol. The van der Waals surface area contributed by atoms with Crippen LogP contribution >= 0.6 is 11.8 Å². The number of carbonyl (C=O) groups is 3. The predicted molar refractivity (Wildman–Crippen MR) is 113 cm³/mol. The van der Waals surface area contributed by atoms with Crippen molar-refractivity contribution in [3.8, 4) is 0 Å². The summed E-state index contributed by atoms with van der Waals surface area (Å²) in [4.78, 5) is 41.9. The van der Waals surface area contributed by atoms with Gasteiger partial charge < -0.3 is 15.3 Å². The van der Waals surface area contributed by atoms with E-state index in [1.165, 1.54) is 16.7 Å². The molecule has 2 aliphatic heterocycles. The van der Waals surface area contributed by atoms with E-state index in [0.717, 1.165) is 12.8 Å². The summed E-state index contributed by atoms with van der Waals surface area (Å²) < 4.78 is -0.657. The maximum atomic E-state index is 13.5. The first-order chi connectivity index (χ1) is 13.7. The fraction of sp³-hybridized carbons (Fsp3) is 0.571. The number of fused-ring (bicyclic) bond motifs is 1. The summed E-state index contributed by atoms with van der Waals surface area (Å²) in [6.07, 6.45) is 1.64. The lowest BCUT2D eigenvalue weighted by molar-refractivity contribution is -0.181. The van der Waals surface area contributed by atoms with Gasteiger partial charge in [0.25, 0.3) is 11.8 Å². The molecule has 158 valence electrons. The highest BCUT2D eigenvalue weighted by molar-refractivity contribution is 8.01. The van der Waals surface area contributed by atoms with E-state index in [9.17, 15) is 19.5 Å². The Morgan fingerprint density at radius 3 is 2.28 bits per heavy atom. The molecule has 3 atom stereocenters. The standard InChI is InChI=1S/C21H29N3O4S/c1-5-12-23(13-6-2)21(22-16(25)14-10-8-7-9-11-14)18(28)24-15(17(26)27)20(3,4)29-19(21)24/h7-11,15,19H,5-6,12-13H2,1-4H3,(H,22,25)(H,26,27)/t15-,19+,21?/m0/s1. The molecule has 8 heteroatoms. The first kappa shape index (κ1) is 21.6. The van der Waals surface area contributed by atoms with Crippen LogP contribution in [0, 0.1) is 0 Å². The molecule has 0 spiro atoms. The number of carbonyl (C=O) groups excluding carboxylic acids is 2. The number of thioether (sulfide) groups is 1. The molecule has 0 bridgehead atoms. The third-order valence-corrected chi connectivity index (χ3v) is 7.20. The van der Waals surface area contributed by atoms with Crippen LogP contribution in [0.1, 0.15) is 50.9 Å². The van der Waals surface area contributed by atoms with Gasteiger partial charge in [0.05, 0.1) is 0 Å². The maximum absolute atomic E-state index is 13.5. The number of amides is 2. The monoisotopic (exact) mass is 419 g/mol.